The van der Waals surface area contributed by atoms with Crippen LogP contribution in [0.25, 0.3) is 0 Å². The number of rotatable bonds is 7. The zero-order chi connectivity index (χ0) is 20.5. The summed E-state index contributed by atoms with van der Waals surface area (Å²) in [5, 5.41) is 10.8. The number of ether oxygens (including phenoxy) is 1. The van der Waals surface area contributed by atoms with Gasteiger partial charge >= 0.3 is 5.97 Å². The lowest BCUT2D eigenvalue weighted by Crippen LogP contribution is -2.63. The van der Waals surface area contributed by atoms with Gasteiger partial charge in [0.25, 0.3) is 0 Å². The van der Waals surface area contributed by atoms with Crippen LogP contribution in [0, 0.1) is 51.8 Å². The number of carbonyl (C=O) groups is 2. The summed E-state index contributed by atoms with van der Waals surface area (Å²) in [7, 11) is 0. The minimum absolute atomic E-state index is 0.126. The Bertz CT molecular complexity index is 709. The fourth-order valence-electron chi connectivity index (χ4n) is 8.11. The van der Waals surface area contributed by atoms with Crippen molar-refractivity contribution >= 4 is 12.3 Å². The fraction of sp³-hybridized carbons (Fsp3) is 0.833. The normalized spacial score (nSPS) is 46.2. The lowest BCUT2D eigenvalue weighted by molar-refractivity contribution is -0.186. The van der Waals surface area contributed by atoms with Gasteiger partial charge in [0, 0.05) is 12.0 Å². The molecule has 4 rings (SSSR count). The van der Waals surface area contributed by atoms with Crippen LogP contribution in [0.1, 0.15) is 60.3 Å². The first-order valence-electron chi connectivity index (χ1n) is 11.2. The van der Waals surface area contributed by atoms with Gasteiger partial charge in [-0.2, -0.15) is 0 Å². The molecule has 28 heavy (non-hydrogen) atoms. The number of aliphatic carboxylic acids is 1. The number of carboxylic acid groups (broad SMARTS) is 1. The number of hydrogen-bond acceptors (Lipinski definition) is 3. The van der Waals surface area contributed by atoms with E-state index in [-0.39, 0.29) is 17.8 Å². The first-order valence-corrected chi connectivity index (χ1v) is 11.2. The van der Waals surface area contributed by atoms with Gasteiger partial charge in [0.05, 0.1) is 12.0 Å². The highest BCUT2D eigenvalue weighted by molar-refractivity contribution is 5.90. The zero-order valence-corrected chi connectivity index (χ0v) is 18.0. The second-order valence-corrected chi connectivity index (χ2v) is 10.9. The lowest BCUT2D eigenvalue weighted by Gasteiger charge is -2.58. The molecule has 0 aromatic heterocycles. The average Bonchev–Trinajstić information content (AvgIpc) is 3.18. The smallest absolute Gasteiger partial charge is 0.315 e. The highest BCUT2D eigenvalue weighted by Gasteiger charge is 2.84. The summed E-state index contributed by atoms with van der Waals surface area (Å²) in [5.74, 6) is 1.07. The van der Waals surface area contributed by atoms with Crippen LogP contribution in [-0.4, -0.2) is 30.6 Å². The zero-order valence-electron chi connectivity index (χ0n) is 18.0. The van der Waals surface area contributed by atoms with Gasteiger partial charge < -0.3 is 14.6 Å². The Morgan fingerprint density at radius 2 is 2.00 bits per heavy atom. The maximum atomic E-state index is 13.2. The van der Waals surface area contributed by atoms with Crippen LogP contribution in [-0.2, 0) is 14.3 Å². The topological polar surface area (TPSA) is 63.6 Å². The number of carbonyl (C=O) groups excluding carboxylic acids is 1. The highest BCUT2D eigenvalue weighted by Crippen LogP contribution is 2.82. The third-order valence-electron chi connectivity index (χ3n) is 8.93. The number of carboxylic acids is 1. The Hall–Kier alpha value is -1.16. The monoisotopic (exact) mass is 388 g/mol. The molecule has 0 unspecified atom stereocenters. The molecule has 0 aromatic rings. The van der Waals surface area contributed by atoms with E-state index in [4.69, 9.17) is 4.74 Å². The molecule has 0 spiro atoms. The molecule has 4 nitrogen and oxygen atoms in total. The number of allylic oxidation sites excluding steroid dienone is 1. The molecule has 0 aromatic carbocycles. The summed E-state index contributed by atoms with van der Waals surface area (Å²) in [6, 6.07) is 0. The molecule has 0 amide bonds. The molecule has 3 saturated carbocycles. The second-order valence-electron chi connectivity index (χ2n) is 10.9. The van der Waals surface area contributed by atoms with E-state index in [1.807, 2.05) is 0 Å². The first kappa shape index (κ1) is 20.1. The van der Waals surface area contributed by atoms with Crippen molar-refractivity contribution in [2.75, 3.05) is 13.2 Å². The van der Waals surface area contributed by atoms with Gasteiger partial charge in [0.1, 0.15) is 11.7 Å². The Kier molecular flexibility index (Phi) is 4.61. The van der Waals surface area contributed by atoms with E-state index >= 15 is 0 Å². The van der Waals surface area contributed by atoms with E-state index in [1.165, 1.54) is 0 Å². The molecule has 0 saturated heterocycles. The third-order valence-corrected chi connectivity index (χ3v) is 8.93. The molecule has 4 bridgehead atoms. The minimum Gasteiger partial charge on any atom is -0.481 e. The second kappa shape index (κ2) is 6.42. The van der Waals surface area contributed by atoms with Crippen molar-refractivity contribution in [1.29, 1.82) is 0 Å². The highest BCUT2D eigenvalue weighted by atomic mass is 16.5. The predicted molar refractivity (Wildman–Crippen MR) is 108 cm³/mol. The summed E-state index contributed by atoms with van der Waals surface area (Å²) in [6.45, 7) is 11.8. The first-order chi connectivity index (χ1) is 13.2. The molecule has 0 heterocycles. The summed E-state index contributed by atoms with van der Waals surface area (Å²) in [6.07, 6.45) is 7.00. The third kappa shape index (κ3) is 2.11. The molecule has 156 valence electrons. The molecule has 1 N–H and O–H groups in total. The van der Waals surface area contributed by atoms with Crippen LogP contribution in [0.5, 0.6) is 0 Å². The van der Waals surface area contributed by atoms with Crippen molar-refractivity contribution in [2.24, 2.45) is 51.8 Å². The van der Waals surface area contributed by atoms with Gasteiger partial charge in [-0.25, -0.2) is 0 Å². The van der Waals surface area contributed by atoms with Gasteiger partial charge in [0.2, 0.25) is 0 Å². The van der Waals surface area contributed by atoms with E-state index in [0.29, 0.717) is 37.4 Å². The average molecular weight is 389 g/mol. The molecule has 7 atom stereocenters. The molecule has 4 aliphatic carbocycles. The lowest BCUT2D eigenvalue weighted by atomic mass is 9.43. The molecule has 4 heteroatoms. The maximum absolute atomic E-state index is 13.2. The number of fused-ring (bicyclic) bond motifs is 2. The van der Waals surface area contributed by atoms with Crippen LogP contribution in [0.3, 0.4) is 0 Å². The van der Waals surface area contributed by atoms with Crippen molar-refractivity contribution in [3.05, 3.63) is 11.6 Å². The SMILES string of the molecule is CC(C)COC[C@@]12C[C@@H]3[C@H](C)CC[C@H]3[C@]3(C=O)C[C@@H]1C=C(C(C)C)[C@@]23C(=O)O. The van der Waals surface area contributed by atoms with Gasteiger partial charge in [-0.1, -0.05) is 52.7 Å². The Morgan fingerprint density at radius 3 is 2.57 bits per heavy atom. The van der Waals surface area contributed by atoms with Gasteiger partial charge in [-0.3, -0.25) is 4.79 Å². The minimum atomic E-state index is -1.09. The molecular formula is C24H36O4. The Morgan fingerprint density at radius 1 is 1.29 bits per heavy atom. The molecule has 0 aliphatic heterocycles. The number of hydrogen-bond donors (Lipinski definition) is 1. The van der Waals surface area contributed by atoms with Crippen LogP contribution >= 0.6 is 0 Å². The van der Waals surface area contributed by atoms with Gasteiger partial charge in [-0.15, -0.1) is 0 Å². The van der Waals surface area contributed by atoms with Crippen molar-refractivity contribution < 1.29 is 19.4 Å². The van der Waals surface area contributed by atoms with Crippen molar-refractivity contribution in [3.63, 3.8) is 0 Å². The summed E-state index contributed by atoms with van der Waals surface area (Å²) < 4.78 is 6.20. The van der Waals surface area contributed by atoms with Crippen molar-refractivity contribution in [2.45, 2.75) is 60.3 Å². The van der Waals surface area contributed by atoms with Crippen molar-refractivity contribution in [3.8, 4) is 0 Å². The van der Waals surface area contributed by atoms with Crippen LogP contribution in [0.4, 0.5) is 0 Å². The fourth-order valence-corrected chi connectivity index (χ4v) is 8.11. The quantitative estimate of drug-likeness (QED) is 0.512. The van der Waals surface area contributed by atoms with E-state index in [1.54, 1.807) is 0 Å². The Labute approximate surface area is 169 Å². The van der Waals surface area contributed by atoms with Gasteiger partial charge in [-0.05, 0) is 54.8 Å². The number of aldehydes is 1. The summed E-state index contributed by atoms with van der Waals surface area (Å²) in [4.78, 5) is 26.0. The van der Waals surface area contributed by atoms with E-state index in [0.717, 1.165) is 31.1 Å². The largest absolute Gasteiger partial charge is 0.481 e. The molecule has 4 aliphatic rings. The van der Waals surface area contributed by atoms with E-state index in [9.17, 15) is 14.7 Å². The van der Waals surface area contributed by atoms with E-state index < -0.39 is 22.2 Å². The summed E-state index contributed by atoms with van der Waals surface area (Å²) in [5.41, 5.74) is -1.35. The molecular weight excluding hydrogens is 352 g/mol. The van der Waals surface area contributed by atoms with E-state index in [2.05, 4.69) is 40.7 Å². The van der Waals surface area contributed by atoms with Crippen LogP contribution in [0.2, 0.25) is 0 Å². The Balaban J connectivity index is 1.90. The van der Waals surface area contributed by atoms with Crippen LogP contribution in [0.15, 0.2) is 11.6 Å². The van der Waals surface area contributed by atoms with Gasteiger partial charge in [0.15, 0.2) is 0 Å². The maximum Gasteiger partial charge on any atom is 0.315 e. The predicted octanol–water partition coefficient (Wildman–Crippen LogP) is 4.58. The molecule has 0 radical (unpaired) electrons. The van der Waals surface area contributed by atoms with Crippen LogP contribution < -0.4 is 0 Å². The standard InChI is InChI=1S/C24H36O4/c1-14(2)11-28-13-23-10-18-16(5)6-7-19(18)22(12-25)9-17(23)8-20(15(3)4)24(22,23)21(26)27/h8,12,14-19H,6-7,9-11,13H2,1-5H3,(H,26,27)/t16-,17+,18-,19-,22-,23+,24+/m1/s1. The molecule has 3 fully saturated rings. The summed E-state index contributed by atoms with van der Waals surface area (Å²) >= 11 is 0. The van der Waals surface area contributed by atoms with Crippen molar-refractivity contribution in [1.82, 2.24) is 0 Å².